The zero-order chi connectivity index (χ0) is 24.5. The van der Waals surface area contributed by atoms with Gasteiger partial charge in [0.2, 0.25) is 5.91 Å². The molecule has 1 atom stereocenters. The van der Waals surface area contributed by atoms with Gasteiger partial charge in [0.15, 0.2) is 6.61 Å². The number of nitrogens with zero attached hydrogens (tertiary/aromatic N) is 1. The summed E-state index contributed by atoms with van der Waals surface area (Å²) in [7, 11) is 0. The molecular formula is C26H25Cl3N2O3. The summed E-state index contributed by atoms with van der Waals surface area (Å²) in [5, 5.41) is 4.32. The summed E-state index contributed by atoms with van der Waals surface area (Å²) in [4.78, 5) is 28.1. The van der Waals surface area contributed by atoms with Crippen molar-refractivity contribution in [3.05, 3.63) is 99.0 Å². The van der Waals surface area contributed by atoms with Gasteiger partial charge in [-0.2, -0.15) is 0 Å². The van der Waals surface area contributed by atoms with E-state index in [2.05, 4.69) is 5.32 Å². The quantitative estimate of drug-likeness (QED) is 0.368. The van der Waals surface area contributed by atoms with E-state index >= 15 is 0 Å². The molecule has 0 spiro atoms. The van der Waals surface area contributed by atoms with Gasteiger partial charge in [0.1, 0.15) is 11.8 Å². The van der Waals surface area contributed by atoms with Crippen LogP contribution in [0.25, 0.3) is 0 Å². The Morgan fingerprint density at radius 3 is 2.26 bits per heavy atom. The Balaban J connectivity index is 1.91. The molecule has 0 saturated heterocycles. The lowest BCUT2D eigenvalue weighted by molar-refractivity contribution is -0.142. The van der Waals surface area contributed by atoms with Gasteiger partial charge in [-0.15, -0.1) is 0 Å². The molecule has 0 unspecified atom stereocenters. The topological polar surface area (TPSA) is 58.6 Å². The van der Waals surface area contributed by atoms with Crippen molar-refractivity contribution >= 4 is 46.6 Å². The molecule has 8 heteroatoms. The van der Waals surface area contributed by atoms with E-state index in [1.165, 1.54) is 4.90 Å². The molecule has 0 aliphatic rings. The Kier molecular flexibility index (Phi) is 9.63. The number of ether oxygens (including phenoxy) is 1. The fraction of sp³-hybridized carbons (Fsp3) is 0.231. The number of amides is 2. The van der Waals surface area contributed by atoms with Crippen LogP contribution in [0.5, 0.6) is 5.75 Å². The third-order valence-electron chi connectivity index (χ3n) is 5.15. The maximum atomic E-state index is 13.4. The molecule has 0 heterocycles. The zero-order valence-corrected chi connectivity index (χ0v) is 20.9. The summed E-state index contributed by atoms with van der Waals surface area (Å²) >= 11 is 18.4. The van der Waals surface area contributed by atoms with Gasteiger partial charge in [-0.3, -0.25) is 9.59 Å². The fourth-order valence-electron chi connectivity index (χ4n) is 3.44. The van der Waals surface area contributed by atoms with Gasteiger partial charge in [-0.25, -0.2) is 0 Å². The normalized spacial score (nSPS) is 11.5. The standard InChI is InChI=1S/C26H25Cl3N2O3/c1-2-30-26(33)24(14-18-6-4-3-5-7-18)31(16-19-8-9-21(28)15-23(19)29)25(32)17-34-22-12-10-20(27)11-13-22/h3-13,15,24H,2,14,16-17H2,1H3,(H,30,33)/t24-/m1/s1. The first kappa shape index (κ1) is 25.9. The number of halogens is 3. The average Bonchev–Trinajstić information content (AvgIpc) is 2.82. The Hall–Kier alpha value is -2.73. The molecule has 5 nitrogen and oxygen atoms in total. The Morgan fingerprint density at radius 1 is 0.941 bits per heavy atom. The smallest absolute Gasteiger partial charge is 0.261 e. The van der Waals surface area contributed by atoms with Gasteiger partial charge in [0.25, 0.3) is 5.91 Å². The number of hydrogen-bond donors (Lipinski definition) is 1. The third-order valence-corrected chi connectivity index (χ3v) is 5.99. The number of hydrogen-bond acceptors (Lipinski definition) is 3. The van der Waals surface area contributed by atoms with Crippen LogP contribution in [0, 0.1) is 0 Å². The van der Waals surface area contributed by atoms with E-state index in [1.807, 2.05) is 37.3 Å². The molecule has 3 aromatic carbocycles. The average molecular weight is 520 g/mol. The predicted molar refractivity (Wildman–Crippen MR) is 137 cm³/mol. The van der Waals surface area contributed by atoms with Crippen molar-refractivity contribution in [2.24, 2.45) is 0 Å². The summed E-state index contributed by atoms with van der Waals surface area (Å²) in [5.74, 6) is -0.107. The van der Waals surface area contributed by atoms with Crippen LogP contribution in [0.2, 0.25) is 15.1 Å². The summed E-state index contributed by atoms with van der Waals surface area (Å²) < 4.78 is 5.70. The van der Waals surface area contributed by atoms with Crippen molar-refractivity contribution in [1.29, 1.82) is 0 Å². The fourth-order valence-corrected chi connectivity index (χ4v) is 4.03. The van der Waals surface area contributed by atoms with Crippen LogP contribution < -0.4 is 10.1 Å². The second-order valence-corrected chi connectivity index (χ2v) is 8.88. The molecule has 3 aromatic rings. The van der Waals surface area contributed by atoms with Gasteiger partial charge in [0, 0.05) is 34.6 Å². The minimum Gasteiger partial charge on any atom is -0.484 e. The number of rotatable bonds is 10. The molecule has 178 valence electrons. The van der Waals surface area contributed by atoms with Gasteiger partial charge in [-0.1, -0.05) is 71.2 Å². The minimum absolute atomic E-state index is 0.118. The maximum absolute atomic E-state index is 13.4. The SMILES string of the molecule is CCNC(=O)[C@@H](Cc1ccccc1)N(Cc1ccc(Cl)cc1Cl)C(=O)COc1ccc(Cl)cc1. The third kappa shape index (κ3) is 7.39. The van der Waals surface area contributed by atoms with Crippen molar-refractivity contribution in [2.75, 3.05) is 13.2 Å². The summed E-state index contributed by atoms with van der Waals surface area (Å²) in [6.07, 6.45) is 0.338. The first-order valence-corrected chi connectivity index (χ1v) is 11.9. The molecule has 3 rings (SSSR count). The molecule has 0 aliphatic carbocycles. The monoisotopic (exact) mass is 518 g/mol. The van der Waals surface area contributed by atoms with E-state index in [0.717, 1.165) is 5.56 Å². The van der Waals surface area contributed by atoms with Crippen molar-refractivity contribution < 1.29 is 14.3 Å². The van der Waals surface area contributed by atoms with Gasteiger partial charge in [0.05, 0.1) is 0 Å². The Bertz CT molecular complexity index is 1110. The van der Waals surface area contributed by atoms with Crippen LogP contribution in [-0.4, -0.2) is 35.9 Å². The number of carbonyl (C=O) groups is 2. The highest BCUT2D eigenvalue weighted by molar-refractivity contribution is 6.35. The minimum atomic E-state index is -0.768. The Morgan fingerprint density at radius 2 is 1.62 bits per heavy atom. The molecule has 0 fully saturated rings. The van der Waals surface area contributed by atoms with Crippen LogP contribution in [0.4, 0.5) is 0 Å². The van der Waals surface area contributed by atoms with E-state index in [-0.39, 0.29) is 25.0 Å². The van der Waals surface area contributed by atoms with E-state index in [0.29, 0.717) is 39.3 Å². The van der Waals surface area contributed by atoms with Gasteiger partial charge >= 0.3 is 0 Å². The first-order chi connectivity index (χ1) is 16.4. The number of benzene rings is 3. The number of carbonyl (C=O) groups excluding carboxylic acids is 2. The van der Waals surface area contributed by atoms with E-state index < -0.39 is 6.04 Å². The van der Waals surface area contributed by atoms with Gasteiger partial charge < -0.3 is 15.0 Å². The summed E-state index contributed by atoms with van der Waals surface area (Å²) in [6, 6.07) is 20.6. The highest BCUT2D eigenvalue weighted by Gasteiger charge is 2.31. The lowest BCUT2D eigenvalue weighted by Gasteiger charge is -2.31. The molecular weight excluding hydrogens is 495 g/mol. The second-order valence-electron chi connectivity index (χ2n) is 7.60. The van der Waals surface area contributed by atoms with E-state index in [1.54, 1.807) is 42.5 Å². The van der Waals surface area contributed by atoms with Gasteiger partial charge in [-0.05, 0) is 54.4 Å². The molecule has 0 radical (unpaired) electrons. The first-order valence-electron chi connectivity index (χ1n) is 10.8. The summed E-state index contributed by atoms with van der Waals surface area (Å²) in [6.45, 7) is 2.14. The molecule has 1 N–H and O–H groups in total. The van der Waals surface area contributed by atoms with Crippen LogP contribution in [0.15, 0.2) is 72.8 Å². The molecule has 0 saturated carbocycles. The summed E-state index contributed by atoms with van der Waals surface area (Å²) in [5.41, 5.74) is 1.60. The van der Waals surface area contributed by atoms with Crippen molar-refractivity contribution in [1.82, 2.24) is 10.2 Å². The second kappa shape index (κ2) is 12.7. The molecule has 2 amide bonds. The predicted octanol–water partition coefficient (Wildman–Crippen LogP) is 5.80. The van der Waals surface area contributed by atoms with Crippen LogP contribution in [0.1, 0.15) is 18.1 Å². The largest absolute Gasteiger partial charge is 0.484 e. The van der Waals surface area contributed by atoms with Crippen LogP contribution in [-0.2, 0) is 22.6 Å². The number of likely N-dealkylation sites (N-methyl/N-ethyl adjacent to an activating group) is 1. The van der Waals surface area contributed by atoms with E-state index in [4.69, 9.17) is 39.5 Å². The molecule has 0 aromatic heterocycles. The zero-order valence-electron chi connectivity index (χ0n) is 18.6. The van der Waals surface area contributed by atoms with Crippen molar-refractivity contribution in [2.45, 2.75) is 25.9 Å². The van der Waals surface area contributed by atoms with Crippen molar-refractivity contribution in [3.63, 3.8) is 0 Å². The highest BCUT2D eigenvalue weighted by atomic mass is 35.5. The molecule has 34 heavy (non-hydrogen) atoms. The van der Waals surface area contributed by atoms with Crippen LogP contribution in [0.3, 0.4) is 0 Å². The Labute approximate surface area is 214 Å². The molecule has 0 bridgehead atoms. The maximum Gasteiger partial charge on any atom is 0.261 e. The lowest BCUT2D eigenvalue weighted by atomic mass is 10.0. The highest BCUT2D eigenvalue weighted by Crippen LogP contribution is 2.24. The molecule has 0 aliphatic heterocycles. The number of nitrogens with one attached hydrogen (secondary N) is 1. The lowest BCUT2D eigenvalue weighted by Crippen LogP contribution is -2.51. The van der Waals surface area contributed by atoms with Crippen molar-refractivity contribution in [3.8, 4) is 5.75 Å². The van der Waals surface area contributed by atoms with E-state index in [9.17, 15) is 9.59 Å². The van der Waals surface area contributed by atoms with Crippen LogP contribution >= 0.6 is 34.8 Å².